The third kappa shape index (κ3) is 3.06. The van der Waals surface area contributed by atoms with Crippen LogP contribution >= 0.6 is 0 Å². The lowest BCUT2D eigenvalue weighted by atomic mass is 10.2. The topological polar surface area (TPSA) is 41.1 Å². The molecule has 1 aromatic carbocycles. The second-order valence-electron chi connectivity index (χ2n) is 3.92. The standard InChI is InChI=1S/C12H16N2O/c15-12-7-6-11(14-12)9-13-8-10-4-2-1-3-5-10/h1-5,11,13H,6-9H2,(H,14,15)/t11-/m0/s1. The van der Waals surface area contributed by atoms with Gasteiger partial charge in [0.15, 0.2) is 0 Å². The molecule has 0 aliphatic carbocycles. The van der Waals surface area contributed by atoms with Gasteiger partial charge in [-0.2, -0.15) is 0 Å². The molecule has 1 amide bonds. The van der Waals surface area contributed by atoms with Gasteiger partial charge in [0.25, 0.3) is 0 Å². The highest BCUT2D eigenvalue weighted by Gasteiger charge is 2.19. The summed E-state index contributed by atoms with van der Waals surface area (Å²) in [5, 5.41) is 6.29. The van der Waals surface area contributed by atoms with E-state index in [1.807, 2.05) is 18.2 Å². The van der Waals surface area contributed by atoms with E-state index < -0.39 is 0 Å². The fraction of sp³-hybridized carbons (Fsp3) is 0.417. The van der Waals surface area contributed by atoms with Crippen LogP contribution in [0.3, 0.4) is 0 Å². The van der Waals surface area contributed by atoms with Gasteiger partial charge in [-0.05, 0) is 12.0 Å². The van der Waals surface area contributed by atoms with E-state index in [-0.39, 0.29) is 5.91 Å². The summed E-state index contributed by atoms with van der Waals surface area (Å²) in [6.45, 7) is 1.73. The second kappa shape index (κ2) is 4.94. The number of nitrogens with one attached hydrogen (secondary N) is 2. The zero-order valence-corrected chi connectivity index (χ0v) is 8.70. The van der Waals surface area contributed by atoms with Gasteiger partial charge in [-0.1, -0.05) is 30.3 Å². The molecule has 0 radical (unpaired) electrons. The Bertz CT molecular complexity index is 324. The molecule has 1 saturated heterocycles. The molecule has 2 rings (SSSR count). The molecule has 80 valence electrons. The van der Waals surface area contributed by atoms with Crippen LogP contribution in [0.1, 0.15) is 18.4 Å². The van der Waals surface area contributed by atoms with Crippen LogP contribution in [0.4, 0.5) is 0 Å². The van der Waals surface area contributed by atoms with Crippen LogP contribution in [0, 0.1) is 0 Å². The van der Waals surface area contributed by atoms with Crippen molar-refractivity contribution >= 4 is 5.91 Å². The lowest BCUT2D eigenvalue weighted by Crippen LogP contribution is -2.35. The van der Waals surface area contributed by atoms with Crippen molar-refractivity contribution in [2.75, 3.05) is 6.54 Å². The summed E-state index contributed by atoms with van der Waals surface area (Å²) < 4.78 is 0. The van der Waals surface area contributed by atoms with Gasteiger partial charge in [0.1, 0.15) is 0 Å². The molecule has 0 spiro atoms. The molecule has 0 aromatic heterocycles. The first kappa shape index (κ1) is 10.2. The van der Waals surface area contributed by atoms with Crippen LogP contribution in [0.5, 0.6) is 0 Å². The van der Waals surface area contributed by atoms with E-state index in [1.165, 1.54) is 5.56 Å². The lowest BCUT2D eigenvalue weighted by Gasteiger charge is -2.10. The highest BCUT2D eigenvalue weighted by molar-refractivity contribution is 5.78. The Kier molecular flexibility index (Phi) is 3.35. The molecule has 15 heavy (non-hydrogen) atoms. The first-order chi connectivity index (χ1) is 7.34. The van der Waals surface area contributed by atoms with Crippen LogP contribution < -0.4 is 10.6 Å². The Morgan fingerprint density at radius 1 is 1.33 bits per heavy atom. The molecule has 2 N–H and O–H groups in total. The maximum Gasteiger partial charge on any atom is 0.220 e. The van der Waals surface area contributed by atoms with Gasteiger partial charge in [0.05, 0.1) is 0 Å². The summed E-state index contributed by atoms with van der Waals surface area (Å²) >= 11 is 0. The van der Waals surface area contributed by atoms with Gasteiger partial charge < -0.3 is 10.6 Å². The zero-order valence-electron chi connectivity index (χ0n) is 8.70. The molecule has 0 saturated carbocycles. The van der Waals surface area contributed by atoms with Crippen molar-refractivity contribution in [2.45, 2.75) is 25.4 Å². The van der Waals surface area contributed by atoms with E-state index in [4.69, 9.17) is 0 Å². The second-order valence-corrected chi connectivity index (χ2v) is 3.92. The van der Waals surface area contributed by atoms with Crippen molar-refractivity contribution in [3.8, 4) is 0 Å². The Morgan fingerprint density at radius 3 is 2.80 bits per heavy atom. The minimum absolute atomic E-state index is 0.182. The largest absolute Gasteiger partial charge is 0.352 e. The average Bonchev–Trinajstić information content (AvgIpc) is 2.66. The van der Waals surface area contributed by atoms with E-state index in [2.05, 4.69) is 22.8 Å². The smallest absolute Gasteiger partial charge is 0.220 e. The number of carbonyl (C=O) groups is 1. The van der Waals surface area contributed by atoms with Gasteiger partial charge in [0.2, 0.25) is 5.91 Å². The van der Waals surface area contributed by atoms with Gasteiger partial charge in [-0.15, -0.1) is 0 Å². The summed E-state index contributed by atoms with van der Waals surface area (Å²) in [4.78, 5) is 10.9. The number of hydrogen-bond donors (Lipinski definition) is 2. The van der Waals surface area contributed by atoms with Crippen LogP contribution in [0.2, 0.25) is 0 Å². The fourth-order valence-corrected chi connectivity index (χ4v) is 1.82. The summed E-state index contributed by atoms with van der Waals surface area (Å²) in [7, 11) is 0. The third-order valence-electron chi connectivity index (χ3n) is 2.65. The van der Waals surface area contributed by atoms with Crippen LogP contribution in [0.25, 0.3) is 0 Å². The highest BCUT2D eigenvalue weighted by atomic mass is 16.1. The molecule has 3 nitrogen and oxygen atoms in total. The third-order valence-corrected chi connectivity index (χ3v) is 2.65. The van der Waals surface area contributed by atoms with Gasteiger partial charge >= 0.3 is 0 Å². The van der Waals surface area contributed by atoms with Gasteiger partial charge in [-0.3, -0.25) is 4.79 Å². The highest BCUT2D eigenvalue weighted by Crippen LogP contribution is 2.05. The predicted molar refractivity (Wildman–Crippen MR) is 59.3 cm³/mol. The normalized spacial score (nSPS) is 20.3. The molecule has 3 heteroatoms. The van der Waals surface area contributed by atoms with E-state index in [1.54, 1.807) is 0 Å². The Hall–Kier alpha value is -1.35. The summed E-state index contributed by atoms with van der Waals surface area (Å²) in [5.74, 6) is 0.182. The van der Waals surface area contributed by atoms with E-state index in [0.29, 0.717) is 12.5 Å². The van der Waals surface area contributed by atoms with Gasteiger partial charge in [-0.25, -0.2) is 0 Å². The molecule has 1 aliphatic rings. The molecule has 0 bridgehead atoms. The van der Waals surface area contributed by atoms with Crippen molar-refractivity contribution < 1.29 is 4.79 Å². The lowest BCUT2D eigenvalue weighted by molar-refractivity contribution is -0.119. The molecule has 0 unspecified atom stereocenters. The number of benzene rings is 1. The quantitative estimate of drug-likeness (QED) is 0.770. The molecule has 1 aliphatic heterocycles. The van der Waals surface area contributed by atoms with E-state index in [9.17, 15) is 4.79 Å². The SMILES string of the molecule is O=C1CC[C@@H](CNCc2ccccc2)N1. The first-order valence-electron chi connectivity index (χ1n) is 5.38. The van der Waals surface area contributed by atoms with Gasteiger partial charge in [0, 0.05) is 25.6 Å². The van der Waals surface area contributed by atoms with Crippen LogP contribution in [-0.2, 0) is 11.3 Å². The van der Waals surface area contributed by atoms with Crippen molar-refractivity contribution in [1.29, 1.82) is 0 Å². The van der Waals surface area contributed by atoms with Crippen LogP contribution in [-0.4, -0.2) is 18.5 Å². The minimum Gasteiger partial charge on any atom is -0.352 e. The molecular weight excluding hydrogens is 188 g/mol. The van der Waals surface area contributed by atoms with Crippen molar-refractivity contribution in [3.05, 3.63) is 35.9 Å². The van der Waals surface area contributed by atoms with Crippen molar-refractivity contribution in [2.24, 2.45) is 0 Å². The monoisotopic (exact) mass is 204 g/mol. The average molecular weight is 204 g/mol. The maximum atomic E-state index is 10.9. The van der Waals surface area contributed by atoms with Crippen LogP contribution in [0.15, 0.2) is 30.3 Å². The number of amides is 1. The van der Waals surface area contributed by atoms with Crippen molar-refractivity contribution in [1.82, 2.24) is 10.6 Å². The fourth-order valence-electron chi connectivity index (χ4n) is 1.82. The molecule has 1 heterocycles. The zero-order chi connectivity index (χ0) is 10.5. The Morgan fingerprint density at radius 2 is 2.13 bits per heavy atom. The summed E-state index contributed by atoms with van der Waals surface area (Å²) in [5.41, 5.74) is 1.28. The maximum absolute atomic E-state index is 10.9. The molecule has 1 atom stereocenters. The summed E-state index contributed by atoms with van der Waals surface area (Å²) in [6.07, 6.45) is 1.64. The number of carbonyl (C=O) groups excluding carboxylic acids is 1. The molecule has 1 aromatic rings. The van der Waals surface area contributed by atoms with Crippen molar-refractivity contribution in [3.63, 3.8) is 0 Å². The Labute approximate surface area is 89.9 Å². The number of rotatable bonds is 4. The number of hydrogen-bond acceptors (Lipinski definition) is 2. The molecule has 1 fully saturated rings. The van der Waals surface area contributed by atoms with E-state index in [0.717, 1.165) is 19.5 Å². The Balaban J connectivity index is 1.69. The first-order valence-corrected chi connectivity index (χ1v) is 5.38. The summed E-state index contributed by atoms with van der Waals surface area (Å²) in [6, 6.07) is 10.6. The minimum atomic E-state index is 0.182. The predicted octanol–water partition coefficient (Wildman–Crippen LogP) is 1.05. The molecular formula is C12H16N2O. The van der Waals surface area contributed by atoms with E-state index >= 15 is 0 Å².